The average molecular weight is 383 g/mol. The molecule has 3 nitrogen and oxygen atoms in total. The highest BCUT2D eigenvalue weighted by Crippen LogP contribution is 2.53. The van der Waals surface area contributed by atoms with Gasteiger partial charge in [-0.3, -0.25) is 0 Å². The first-order valence-electron chi connectivity index (χ1n) is 11.2. The van der Waals surface area contributed by atoms with Crippen LogP contribution in [-0.2, 0) is 4.74 Å². The Morgan fingerprint density at radius 3 is 2.64 bits per heavy atom. The quantitative estimate of drug-likeness (QED) is 0.523. The third-order valence-electron chi connectivity index (χ3n) is 7.45. The lowest BCUT2D eigenvalue weighted by atomic mass is 9.71. The summed E-state index contributed by atoms with van der Waals surface area (Å²) in [5.41, 5.74) is 0.663. The number of rotatable bonds is 2. The van der Waals surface area contributed by atoms with Crippen LogP contribution < -0.4 is 4.74 Å². The topological polar surface area (TPSA) is 18.5 Å². The van der Waals surface area contributed by atoms with Gasteiger partial charge in [0.15, 0.2) is 0 Å². The van der Waals surface area contributed by atoms with E-state index in [0.29, 0.717) is 5.92 Å². The van der Waals surface area contributed by atoms with Gasteiger partial charge in [0.05, 0.1) is 26.2 Å². The van der Waals surface area contributed by atoms with Crippen LogP contribution in [0.3, 0.4) is 0 Å². The van der Waals surface area contributed by atoms with E-state index in [9.17, 15) is 0 Å². The third kappa shape index (κ3) is 3.70. The number of para-hydroxylation sites is 1. The minimum Gasteiger partial charge on any atom is -0.487 e. The molecule has 4 atom stereocenters. The molecule has 0 aliphatic carbocycles. The van der Waals surface area contributed by atoms with E-state index in [1.165, 1.54) is 37.9 Å². The number of hydrogen-bond acceptors (Lipinski definition) is 2. The Labute approximate surface area is 171 Å². The summed E-state index contributed by atoms with van der Waals surface area (Å²) in [5.74, 6) is 8.44. The Bertz CT molecular complexity index is 772. The summed E-state index contributed by atoms with van der Waals surface area (Å²) >= 11 is 0. The fourth-order valence-electron chi connectivity index (χ4n) is 5.32. The summed E-state index contributed by atoms with van der Waals surface area (Å²) < 4.78 is 14.3. The molecule has 3 aliphatic rings. The van der Waals surface area contributed by atoms with E-state index in [0.717, 1.165) is 36.0 Å². The van der Waals surface area contributed by atoms with Gasteiger partial charge in [-0.15, -0.1) is 0 Å². The standard InChI is InChI=1S/C25H36NO2/c1-5-25(3)21-14-16-24(2,15-11-19-26(4)17-9-6-10-18-26)28-23(21)20-12-7-8-13-22(20)27-25/h7-8,12-13,21,23H,5-6,9-10,14,16-19H2,1-4H3/q+1/t21-,23+,24-,25-/m0/s1. The van der Waals surface area contributed by atoms with Crippen LogP contribution in [0.4, 0.5) is 0 Å². The summed E-state index contributed by atoms with van der Waals surface area (Å²) in [6, 6.07) is 8.40. The zero-order valence-electron chi connectivity index (χ0n) is 18.1. The van der Waals surface area contributed by atoms with Crippen molar-refractivity contribution in [2.45, 2.75) is 76.6 Å². The summed E-state index contributed by atoms with van der Waals surface area (Å²) in [6.45, 7) is 10.1. The molecule has 0 N–H and O–H groups in total. The molecule has 0 amide bonds. The minimum absolute atomic E-state index is 0.0720. The molecule has 3 aliphatic heterocycles. The van der Waals surface area contributed by atoms with Gasteiger partial charge in [0.1, 0.15) is 23.5 Å². The van der Waals surface area contributed by atoms with Crippen molar-refractivity contribution in [2.75, 3.05) is 26.7 Å². The number of benzene rings is 1. The van der Waals surface area contributed by atoms with Crippen molar-refractivity contribution in [3.8, 4) is 17.6 Å². The molecule has 0 spiro atoms. The van der Waals surface area contributed by atoms with Crippen molar-refractivity contribution in [2.24, 2.45) is 5.92 Å². The van der Waals surface area contributed by atoms with Crippen molar-refractivity contribution in [1.29, 1.82) is 0 Å². The highest BCUT2D eigenvalue weighted by Gasteiger charge is 2.51. The second kappa shape index (κ2) is 7.39. The largest absolute Gasteiger partial charge is 0.487 e. The molecule has 3 heterocycles. The number of piperidine rings is 1. The first-order chi connectivity index (χ1) is 13.4. The first-order valence-corrected chi connectivity index (χ1v) is 11.2. The Balaban J connectivity index is 1.55. The fraction of sp³-hybridized carbons (Fsp3) is 0.680. The van der Waals surface area contributed by atoms with Gasteiger partial charge in [-0.25, -0.2) is 0 Å². The lowest BCUT2D eigenvalue weighted by Gasteiger charge is -2.51. The molecule has 1 aromatic carbocycles. The predicted octanol–water partition coefficient (Wildman–Crippen LogP) is 5.11. The van der Waals surface area contributed by atoms with Crippen LogP contribution in [0.5, 0.6) is 5.75 Å². The fourth-order valence-corrected chi connectivity index (χ4v) is 5.32. The number of likely N-dealkylation sites (tertiary alicyclic amines) is 1. The number of nitrogens with zero attached hydrogens (tertiary/aromatic N) is 1. The zero-order valence-corrected chi connectivity index (χ0v) is 18.1. The van der Waals surface area contributed by atoms with Gasteiger partial charge >= 0.3 is 0 Å². The van der Waals surface area contributed by atoms with Crippen molar-refractivity contribution in [3.63, 3.8) is 0 Å². The van der Waals surface area contributed by atoms with Gasteiger partial charge in [0.2, 0.25) is 0 Å². The normalized spacial score (nSPS) is 36.3. The van der Waals surface area contributed by atoms with Crippen molar-refractivity contribution < 1.29 is 14.0 Å². The lowest BCUT2D eigenvalue weighted by molar-refractivity contribution is -0.907. The molecule has 0 radical (unpaired) electrons. The predicted molar refractivity (Wildman–Crippen MR) is 113 cm³/mol. The van der Waals surface area contributed by atoms with Gasteiger partial charge in [-0.1, -0.05) is 31.0 Å². The van der Waals surface area contributed by atoms with E-state index in [1.54, 1.807) is 0 Å². The molecule has 2 fully saturated rings. The second-order valence-electron chi connectivity index (χ2n) is 9.81. The highest BCUT2D eigenvalue weighted by molar-refractivity contribution is 5.39. The van der Waals surface area contributed by atoms with E-state index in [-0.39, 0.29) is 17.3 Å². The number of quaternary nitrogens is 1. The Kier molecular flexibility index (Phi) is 5.23. The monoisotopic (exact) mass is 382 g/mol. The van der Waals surface area contributed by atoms with Crippen molar-refractivity contribution in [3.05, 3.63) is 29.8 Å². The van der Waals surface area contributed by atoms with Crippen LogP contribution in [-0.4, -0.2) is 42.4 Å². The summed E-state index contributed by atoms with van der Waals surface area (Å²) in [4.78, 5) is 0. The molecule has 152 valence electrons. The summed E-state index contributed by atoms with van der Waals surface area (Å²) in [5, 5.41) is 0. The van der Waals surface area contributed by atoms with Crippen LogP contribution in [0, 0.1) is 17.8 Å². The molecule has 2 saturated heterocycles. The average Bonchev–Trinajstić information content (AvgIpc) is 2.68. The summed E-state index contributed by atoms with van der Waals surface area (Å²) in [7, 11) is 2.36. The highest BCUT2D eigenvalue weighted by atomic mass is 16.5. The molecular formula is C25H36NO2+. The second-order valence-corrected chi connectivity index (χ2v) is 9.81. The van der Waals surface area contributed by atoms with Crippen LogP contribution in [0.1, 0.15) is 71.0 Å². The van der Waals surface area contributed by atoms with E-state index in [2.05, 4.69) is 63.9 Å². The molecule has 28 heavy (non-hydrogen) atoms. The molecule has 0 aromatic heterocycles. The molecule has 0 unspecified atom stereocenters. The maximum Gasteiger partial charge on any atom is 0.140 e. The van der Waals surface area contributed by atoms with Gasteiger partial charge < -0.3 is 14.0 Å². The molecule has 3 heteroatoms. The number of fused-ring (bicyclic) bond motifs is 3. The SMILES string of the molecule is CC[C@]1(C)Oc2ccccc2[C@H]2O[C@@](C)(C#CC[N+]3(C)CCCCC3)CC[C@@H]21. The molecule has 1 aromatic rings. The number of ether oxygens (including phenoxy) is 2. The zero-order chi connectivity index (χ0) is 19.8. The van der Waals surface area contributed by atoms with E-state index in [4.69, 9.17) is 9.47 Å². The van der Waals surface area contributed by atoms with E-state index < -0.39 is 0 Å². The van der Waals surface area contributed by atoms with Crippen LogP contribution in [0.2, 0.25) is 0 Å². The Morgan fingerprint density at radius 2 is 1.89 bits per heavy atom. The third-order valence-corrected chi connectivity index (χ3v) is 7.45. The van der Waals surface area contributed by atoms with Crippen LogP contribution in [0.25, 0.3) is 0 Å². The van der Waals surface area contributed by atoms with Crippen molar-refractivity contribution in [1.82, 2.24) is 0 Å². The van der Waals surface area contributed by atoms with Crippen molar-refractivity contribution >= 4 is 0 Å². The van der Waals surface area contributed by atoms with Gasteiger partial charge in [-0.05, 0) is 64.4 Å². The van der Waals surface area contributed by atoms with Gasteiger partial charge in [0, 0.05) is 11.5 Å². The first kappa shape index (κ1) is 19.8. The van der Waals surface area contributed by atoms with Gasteiger partial charge in [0.25, 0.3) is 0 Å². The van der Waals surface area contributed by atoms with Gasteiger partial charge in [-0.2, -0.15) is 0 Å². The molecular weight excluding hydrogens is 346 g/mol. The molecule has 4 rings (SSSR count). The minimum atomic E-state index is -0.366. The molecule has 0 bridgehead atoms. The maximum atomic E-state index is 6.76. The Hall–Kier alpha value is -1.50. The summed E-state index contributed by atoms with van der Waals surface area (Å²) in [6.07, 6.45) is 7.19. The van der Waals surface area contributed by atoms with Crippen LogP contribution >= 0.6 is 0 Å². The van der Waals surface area contributed by atoms with E-state index in [1.807, 2.05) is 0 Å². The number of hydrogen-bond donors (Lipinski definition) is 0. The molecule has 0 saturated carbocycles. The van der Waals surface area contributed by atoms with E-state index >= 15 is 0 Å². The maximum absolute atomic E-state index is 6.76. The lowest BCUT2D eigenvalue weighted by Crippen LogP contribution is -2.52. The smallest absolute Gasteiger partial charge is 0.140 e. The Morgan fingerprint density at radius 1 is 1.14 bits per heavy atom. The van der Waals surface area contributed by atoms with Crippen LogP contribution in [0.15, 0.2) is 24.3 Å².